The molecule has 0 atom stereocenters. The number of hydrogen-bond donors (Lipinski definition) is 0. The zero-order valence-electron chi connectivity index (χ0n) is 9.73. The molecule has 15 heavy (non-hydrogen) atoms. The van der Waals surface area contributed by atoms with Gasteiger partial charge in [0.1, 0.15) is 0 Å². The van der Waals surface area contributed by atoms with Crippen molar-refractivity contribution in [1.82, 2.24) is 0 Å². The van der Waals surface area contributed by atoms with Crippen LogP contribution >= 0.6 is 0 Å². The molecule has 4 nitrogen and oxygen atoms in total. The van der Waals surface area contributed by atoms with Crippen LogP contribution in [0.25, 0.3) is 0 Å². The summed E-state index contributed by atoms with van der Waals surface area (Å²) in [4.78, 5) is 0. The Balaban J connectivity index is 1.77. The van der Waals surface area contributed by atoms with Crippen LogP contribution in [-0.4, -0.2) is 6.17 Å². The molecule has 1 heterocycles. The van der Waals surface area contributed by atoms with Crippen LogP contribution in [-0.2, 0) is 0 Å². The Kier molecular flexibility index (Phi) is 6.96. The minimum absolute atomic E-state index is 0.0325. The average Bonchev–Trinajstić information content (AvgIpc) is 2.75. The minimum Gasteiger partial charge on any atom is -0.138 e. The quantitative estimate of drug-likeness (QED) is 0.496. The largest absolute Gasteiger partial charge is 0.185 e. The first kappa shape index (κ1) is 12.3. The highest BCUT2D eigenvalue weighted by molar-refractivity contribution is 4.61. The number of rotatable bonds is 9. The first-order chi connectivity index (χ1) is 7.43. The van der Waals surface area contributed by atoms with Crippen molar-refractivity contribution in [2.24, 2.45) is 20.7 Å². The van der Waals surface area contributed by atoms with Crippen molar-refractivity contribution in [2.45, 2.75) is 70.9 Å². The molecule has 0 bridgehead atoms. The zero-order valence-corrected chi connectivity index (χ0v) is 9.73. The van der Waals surface area contributed by atoms with Crippen LogP contribution in [0, 0.1) is 0 Å². The van der Waals surface area contributed by atoms with Crippen molar-refractivity contribution in [3.05, 3.63) is 0 Å². The van der Waals surface area contributed by atoms with Crippen molar-refractivity contribution >= 4 is 0 Å². The SMILES string of the molecule is CCCCCCCCCCC1N=NN=N1. The molecule has 0 unspecified atom stereocenters. The lowest BCUT2D eigenvalue weighted by molar-refractivity contribution is 0.533. The molecule has 0 aromatic rings. The first-order valence-corrected chi connectivity index (χ1v) is 6.23. The molecule has 0 aromatic heterocycles. The van der Waals surface area contributed by atoms with Crippen molar-refractivity contribution in [2.75, 3.05) is 0 Å². The number of hydrogen-bond acceptors (Lipinski definition) is 4. The van der Waals surface area contributed by atoms with Gasteiger partial charge in [0.15, 0.2) is 6.17 Å². The number of unbranched alkanes of at least 4 members (excludes halogenated alkanes) is 7. The molecule has 0 N–H and O–H groups in total. The highest BCUT2D eigenvalue weighted by Crippen LogP contribution is 2.15. The Hall–Kier alpha value is -0.800. The predicted octanol–water partition coefficient (Wildman–Crippen LogP) is 4.68. The van der Waals surface area contributed by atoms with Crippen LogP contribution in [0.4, 0.5) is 0 Å². The summed E-state index contributed by atoms with van der Waals surface area (Å²) in [6.45, 7) is 2.25. The molecular formula is C11H22N4. The van der Waals surface area contributed by atoms with Crippen molar-refractivity contribution in [3.63, 3.8) is 0 Å². The molecule has 4 heteroatoms. The van der Waals surface area contributed by atoms with E-state index < -0.39 is 0 Å². The zero-order chi connectivity index (χ0) is 10.8. The Bertz CT molecular complexity index is 189. The maximum atomic E-state index is 3.89. The molecule has 0 saturated heterocycles. The van der Waals surface area contributed by atoms with E-state index in [0.29, 0.717) is 0 Å². The van der Waals surface area contributed by atoms with Crippen LogP contribution in [0.15, 0.2) is 20.7 Å². The van der Waals surface area contributed by atoms with Gasteiger partial charge in [-0.15, -0.1) is 10.2 Å². The van der Waals surface area contributed by atoms with Crippen LogP contribution in [0.2, 0.25) is 0 Å². The molecular weight excluding hydrogens is 188 g/mol. The third-order valence-corrected chi connectivity index (χ3v) is 2.73. The molecule has 0 aliphatic carbocycles. The highest BCUT2D eigenvalue weighted by atomic mass is 15.6. The number of nitrogens with zero attached hydrogens (tertiary/aromatic N) is 4. The Morgan fingerprint density at radius 2 is 1.27 bits per heavy atom. The van der Waals surface area contributed by atoms with E-state index in [4.69, 9.17) is 0 Å². The molecule has 86 valence electrons. The molecule has 0 fully saturated rings. The summed E-state index contributed by atoms with van der Waals surface area (Å²) in [7, 11) is 0. The Labute approximate surface area is 92.2 Å². The van der Waals surface area contributed by atoms with Gasteiger partial charge in [-0.3, -0.25) is 0 Å². The van der Waals surface area contributed by atoms with E-state index in [-0.39, 0.29) is 6.17 Å². The van der Waals surface area contributed by atoms with Crippen LogP contribution in [0.5, 0.6) is 0 Å². The lowest BCUT2D eigenvalue weighted by Crippen LogP contribution is -1.95. The van der Waals surface area contributed by atoms with Crippen LogP contribution in [0.3, 0.4) is 0 Å². The third kappa shape index (κ3) is 6.31. The maximum absolute atomic E-state index is 3.89. The Morgan fingerprint density at radius 1 is 0.733 bits per heavy atom. The molecule has 0 spiro atoms. The second-order valence-corrected chi connectivity index (χ2v) is 4.15. The molecule has 0 radical (unpaired) electrons. The van der Waals surface area contributed by atoms with E-state index in [9.17, 15) is 0 Å². The maximum Gasteiger partial charge on any atom is 0.185 e. The van der Waals surface area contributed by atoms with Gasteiger partial charge in [-0.05, 0) is 23.3 Å². The van der Waals surface area contributed by atoms with Gasteiger partial charge in [-0.2, -0.15) is 0 Å². The summed E-state index contributed by atoms with van der Waals surface area (Å²) >= 11 is 0. The summed E-state index contributed by atoms with van der Waals surface area (Å²) in [6.07, 6.45) is 11.8. The minimum atomic E-state index is 0.0325. The average molecular weight is 210 g/mol. The first-order valence-electron chi connectivity index (χ1n) is 6.23. The second kappa shape index (κ2) is 8.50. The fourth-order valence-electron chi connectivity index (χ4n) is 1.76. The van der Waals surface area contributed by atoms with E-state index in [2.05, 4.69) is 27.6 Å². The second-order valence-electron chi connectivity index (χ2n) is 4.15. The van der Waals surface area contributed by atoms with E-state index in [1.165, 1.54) is 51.4 Å². The monoisotopic (exact) mass is 210 g/mol. The van der Waals surface area contributed by atoms with Crippen molar-refractivity contribution < 1.29 is 0 Å². The molecule has 0 saturated carbocycles. The normalized spacial score (nSPS) is 15.3. The summed E-state index contributed by atoms with van der Waals surface area (Å²) in [5, 5.41) is 14.8. The van der Waals surface area contributed by atoms with Crippen LogP contribution < -0.4 is 0 Å². The van der Waals surface area contributed by atoms with Gasteiger partial charge < -0.3 is 0 Å². The smallest absolute Gasteiger partial charge is 0.138 e. The summed E-state index contributed by atoms with van der Waals surface area (Å²) < 4.78 is 0. The van der Waals surface area contributed by atoms with Gasteiger partial charge in [0.05, 0.1) is 0 Å². The molecule has 1 aliphatic heterocycles. The van der Waals surface area contributed by atoms with Gasteiger partial charge in [0, 0.05) is 0 Å². The van der Waals surface area contributed by atoms with E-state index in [1.807, 2.05) is 0 Å². The fraction of sp³-hybridized carbons (Fsp3) is 1.00. The van der Waals surface area contributed by atoms with E-state index >= 15 is 0 Å². The predicted molar refractivity (Wildman–Crippen MR) is 60.7 cm³/mol. The lowest BCUT2D eigenvalue weighted by Gasteiger charge is -2.02. The third-order valence-electron chi connectivity index (χ3n) is 2.73. The Morgan fingerprint density at radius 3 is 1.87 bits per heavy atom. The van der Waals surface area contributed by atoms with E-state index in [1.54, 1.807) is 0 Å². The topological polar surface area (TPSA) is 49.4 Å². The molecule has 1 rings (SSSR count). The van der Waals surface area contributed by atoms with Crippen LogP contribution in [0.1, 0.15) is 64.7 Å². The van der Waals surface area contributed by atoms with Crippen molar-refractivity contribution in [3.8, 4) is 0 Å². The van der Waals surface area contributed by atoms with Gasteiger partial charge in [0.2, 0.25) is 0 Å². The van der Waals surface area contributed by atoms with E-state index in [0.717, 1.165) is 6.42 Å². The van der Waals surface area contributed by atoms with Gasteiger partial charge in [-0.25, -0.2) is 0 Å². The standard InChI is InChI=1S/C11H22N4/c1-2-3-4-5-6-7-8-9-10-11-12-14-15-13-11/h11H,2-10H2,1H3. The summed E-state index contributed by atoms with van der Waals surface area (Å²) in [5.41, 5.74) is 0. The fourth-order valence-corrected chi connectivity index (χ4v) is 1.76. The van der Waals surface area contributed by atoms with Gasteiger partial charge >= 0.3 is 0 Å². The lowest BCUT2D eigenvalue weighted by atomic mass is 10.1. The molecule has 0 aromatic carbocycles. The highest BCUT2D eigenvalue weighted by Gasteiger charge is 2.07. The van der Waals surface area contributed by atoms with Gasteiger partial charge in [-0.1, -0.05) is 51.9 Å². The van der Waals surface area contributed by atoms with Gasteiger partial charge in [0.25, 0.3) is 0 Å². The summed E-state index contributed by atoms with van der Waals surface area (Å²) in [6, 6.07) is 0. The molecule has 1 aliphatic rings. The summed E-state index contributed by atoms with van der Waals surface area (Å²) in [5.74, 6) is 0. The van der Waals surface area contributed by atoms with Crippen molar-refractivity contribution in [1.29, 1.82) is 0 Å². The molecule has 0 amide bonds.